The summed E-state index contributed by atoms with van der Waals surface area (Å²) < 4.78 is 0. The van der Waals surface area contributed by atoms with E-state index in [0.717, 1.165) is 47.3 Å². The van der Waals surface area contributed by atoms with E-state index in [4.69, 9.17) is 9.97 Å². The van der Waals surface area contributed by atoms with E-state index in [1.54, 1.807) is 0 Å². The van der Waals surface area contributed by atoms with Crippen molar-refractivity contribution in [2.75, 3.05) is 13.1 Å². The second kappa shape index (κ2) is 8.71. The van der Waals surface area contributed by atoms with Gasteiger partial charge < -0.3 is 20.6 Å². The second-order valence-electron chi connectivity index (χ2n) is 11.8. The molecule has 4 aromatic rings. The third-order valence-electron chi connectivity index (χ3n) is 8.26. The molecule has 0 bridgehead atoms. The lowest BCUT2D eigenvalue weighted by Crippen LogP contribution is -2.24. The Hall–Kier alpha value is -3.22. The van der Waals surface area contributed by atoms with Gasteiger partial charge in [-0.25, -0.2) is 9.97 Å². The number of H-pyrrole nitrogens is 2. The van der Waals surface area contributed by atoms with Crippen LogP contribution < -0.4 is 10.6 Å². The van der Waals surface area contributed by atoms with Gasteiger partial charge in [-0.3, -0.25) is 0 Å². The molecule has 2 atom stereocenters. The van der Waals surface area contributed by atoms with Crippen LogP contribution in [0.1, 0.15) is 64.3 Å². The summed E-state index contributed by atoms with van der Waals surface area (Å²) in [5, 5.41) is 7.18. The quantitative estimate of drug-likeness (QED) is 0.272. The smallest absolute Gasteiger partial charge is 0.124 e. The molecule has 2 fully saturated rings. The Morgan fingerprint density at radius 1 is 0.583 bits per heavy atom. The fraction of sp³-hybridized carbons (Fsp3) is 0.400. The zero-order chi connectivity index (χ0) is 24.9. The maximum absolute atomic E-state index is 4.69. The molecule has 6 nitrogen and oxygen atoms in total. The van der Waals surface area contributed by atoms with Crippen molar-refractivity contribution in [1.82, 2.24) is 30.6 Å². The van der Waals surface area contributed by atoms with Gasteiger partial charge in [0.15, 0.2) is 0 Å². The van der Waals surface area contributed by atoms with Gasteiger partial charge in [-0.05, 0) is 59.0 Å². The lowest BCUT2D eigenvalue weighted by molar-refractivity contribution is 0.310. The van der Waals surface area contributed by atoms with Gasteiger partial charge in [0, 0.05) is 0 Å². The van der Waals surface area contributed by atoms with Gasteiger partial charge in [0.05, 0.1) is 35.9 Å². The van der Waals surface area contributed by atoms with Crippen molar-refractivity contribution in [1.29, 1.82) is 0 Å². The Morgan fingerprint density at radius 3 is 1.28 bits per heavy atom. The minimum absolute atomic E-state index is 0.215. The molecular formula is C30H36N6. The summed E-state index contributed by atoms with van der Waals surface area (Å²) >= 11 is 0. The molecule has 2 aromatic carbocycles. The van der Waals surface area contributed by atoms with Crippen molar-refractivity contribution in [2.45, 2.75) is 52.6 Å². The Bertz CT molecular complexity index is 1240. The monoisotopic (exact) mass is 480 g/mol. The van der Waals surface area contributed by atoms with Crippen LogP contribution in [0.4, 0.5) is 0 Å². The Labute approximate surface area is 213 Å². The van der Waals surface area contributed by atoms with E-state index < -0.39 is 0 Å². The van der Waals surface area contributed by atoms with Crippen molar-refractivity contribution >= 4 is 0 Å². The Balaban J connectivity index is 1.17. The number of aromatic amines is 2. The van der Waals surface area contributed by atoms with Crippen LogP contribution in [0.15, 0.2) is 60.9 Å². The molecule has 4 N–H and O–H groups in total. The number of hydrogen-bond donors (Lipinski definition) is 4. The molecule has 2 aliphatic heterocycles. The minimum atomic E-state index is 0.215. The van der Waals surface area contributed by atoms with E-state index in [-0.39, 0.29) is 22.9 Å². The molecule has 2 saturated heterocycles. The zero-order valence-corrected chi connectivity index (χ0v) is 21.7. The van der Waals surface area contributed by atoms with Gasteiger partial charge >= 0.3 is 0 Å². The normalized spacial score (nSPS) is 22.8. The Morgan fingerprint density at radius 2 is 0.944 bits per heavy atom. The van der Waals surface area contributed by atoms with Crippen LogP contribution in [-0.2, 0) is 0 Å². The van der Waals surface area contributed by atoms with Crippen LogP contribution in [0.5, 0.6) is 0 Å². The number of nitrogens with zero attached hydrogens (tertiary/aromatic N) is 2. The van der Waals surface area contributed by atoms with Gasteiger partial charge in [-0.2, -0.15) is 0 Å². The van der Waals surface area contributed by atoms with Gasteiger partial charge in [-0.15, -0.1) is 0 Å². The summed E-state index contributed by atoms with van der Waals surface area (Å²) in [5.41, 5.74) is 7.26. The van der Waals surface area contributed by atoms with Crippen molar-refractivity contribution < 1.29 is 0 Å². The summed E-state index contributed by atoms with van der Waals surface area (Å²) in [6.45, 7) is 11.3. The zero-order valence-electron chi connectivity index (χ0n) is 21.7. The molecule has 6 heteroatoms. The van der Waals surface area contributed by atoms with Crippen molar-refractivity contribution in [3.63, 3.8) is 0 Å². The Kier molecular flexibility index (Phi) is 5.61. The van der Waals surface area contributed by atoms with E-state index in [0.29, 0.717) is 0 Å². The number of nitrogens with one attached hydrogen (secondary N) is 4. The number of hydrogen-bond acceptors (Lipinski definition) is 4. The van der Waals surface area contributed by atoms with E-state index in [2.05, 4.69) is 96.8 Å². The van der Waals surface area contributed by atoms with Gasteiger partial charge in [0.25, 0.3) is 0 Å². The number of imidazole rings is 2. The van der Waals surface area contributed by atoms with Gasteiger partial charge in [0.2, 0.25) is 0 Å². The highest BCUT2D eigenvalue weighted by atomic mass is 15.1. The largest absolute Gasteiger partial charge is 0.341 e. The first-order chi connectivity index (χ1) is 17.3. The molecule has 6 rings (SSSR count). The van der Waals surface area contributed by atoms with Gasteiger partial charge in [0.1, 0.15) is 11.6 Å². The molecule has 0 spiro atoms. The molecule has 0 aliphatic carbocycles. The number of benzene rings is 2. The summed E-state index contributed by atoms with van der Waals surface area (Å²) in [5.74, 6) is 2.06. The van der Waals surface area contributed by atoms with Crippen LogP contribution in [-0.4, -0.2) is 33.0 Å². The second-order valence-corrected chi connectivity index (χ2v) is 11.8. The maximum atomic E-state index is 4.69. The van der Waals surface area contributed by atoms with E-state index in [9.17, 15) is 0 Å². The fourth-order valence-electron chi connectivity index (χ4n) is 5.80. The molecule has 0 saturated carbocycles. The van der Waals surface area contributed by atoms with Crippen molar-refractivity contribution in [2.24, 2.45) is 10.8 Å². The summed E-state index contributed by atoms with van der Waals surface area (Å²) in [6, 6.07) is 18.0. The van der Waals surface area contributed by atoms with Crippen LogP contribution in [0.3, 0.4) is 0 Å². The van der Waals surface area contributed by atoms with Crippen molar-refractivity contribution in [3.8, 4) is 33.6 Å². The molecule has 2 aromatic heterocycles. The summed E-state index contributed by atoms with van der Waals surface area (Å²) in [6.07, 6.45) is 6.24. The van der Waals surface area contributed by atoms with E-state index >= 15 is 0 Å². The molecule has 186 valence electrons. The highest BCUT2D eigenvalue weighted by molar-refractivity contribution is 5.71. The molecule has 4 heterocycles. The first kappa shape index (κ1) is 23.2. The molecule has 0 radical (unpaired) electrons. The summed E-state index contributed by atoms with van der Waals surface area (Å²) in [4.78, 5) is 16.5. The first-order valence-corrected chi connectivity index (χ1v) is 13.1. The fourth-order valence-corrected chi connectivity index (χ4v) is 5.80. The molecular weight excluding hydrogens is 444 g/mol. The lowest BCUT2D eigenvalue weighted by atomic mass is 9.84. The van der Waals surface area contributed by atoms with Crippen LogP contribution in [0.25, 0.3) is 33.6 Å². The predicted octanol–water partition coefficient (Wildman–Crippen LogP) is 6.26. The third kappa shape index (κ3) is 4.18. The predicted molar refractivity (Wildman–Crippen MR) is 145 cm³/mol. The highest BCUT2D eigenvalue weighted by Crippen LogP contribution is 2.41. The lowest BCUT2D eigenvalue weighted by Gasteiger charge is -2.24. The van der Waals surface area contributed by atoms with E-state index in [1.807, 2.05) is 12.4 Å². The van der Waals surface area contributed by atoms with Gasteiger partial charge in [-0.1, -0.05) is 76.2 Å². The maximum Gasteiger partial charge on any atom is 0.124 e. The molecule has 0 amide bonds. The standard InChI is InChI=1S/C30H36N6/c1-29(2)13-15-31-25(29)27-33-17-23(35-27)21-9-5-19(6-10-21)20-7-11-22(12-8-20)24-18-34-28(36-24)26-30(3,4)14-16-32-26/h5-12,17-18,25-26,31-32H,13-16H2,1-4H3,(H,33,35)(H,34,36)/t25-,26?/m0/s1. The molecule has 2 aliphatic rings. The van der Waals surface area contributed by atoms with Crippen LogP contribution in [0.2, 0.25) is 0 Å². The first-order valence-electron chi connectivity index (χ1n) is 13.1. The highest BCUT2D eigenvalue weighted by Gasteiger charge is 2.38. The molecule has 1 unspecified atom stereocenters. The topological polar surface area (TPSA) is 81.4 Å². The third-order valence-corrected chi connectivity index (χ3v) is 8.26. The van der Waals surface area contributed by atoms with Crippen LogP contribution >= 0.6 is 0 Å². The van der Waals surface area contributed by atoms with Crippen LogP contribution in [0, 0.1) is 10.8 Å². The van der Waals surface area contributed by atoms with Crippen molar-refractivity contribution in [3.05, 3.63) is 72.6 Å². The average Bonchev–Trinajstić information content (AvgIpc) is 3.65. The molecule has 36 heavy (non-hydrogen) atoms. The number of rotatable bonds is 5. The minimum Gasteiger partial charge on any atom is -0.341 e. The summed E-state index contributed by atoms with van der Waals surface area (Å²) in [7, 11) is 0. The average molecular weight is 481 g/mol. The SMILES string of the molecule is CC1(C)CCNC1c1ncc(-c2ccc(-c3ccc(-c4cnc([C@@H]5NCCC5(C)C)[nH]4)cc3)cc2)[nH]1. The van der Waals surface area contributed by atoms with E-state index in [1.165, 1.54) is 24.0 Å². The number of aromatic nitrogens is 4.